The molecule has 5 rings (SSSR count). The number of ether oxygens (including phenoxy) is 2. The minimum Gasteiger partial charge on any atom is -0.465 e. The SMILES string of the molecule is C=CCCCOC(=O)[C@H]1[C@H]2C(=O)N([C@@H](CO)Cc3ccccc3)C(C(=O)N(CC=C)CCN3CCOCC3)C23CC[C@]1(C)S3. The maximum absolute atomic E-state index is 14.8. The first kappa shape index (κ1) is 32.7. The summed E-state index contributed by atoms with van der Waals surface area (Å²) in [5, 5.41) is 10.7. The minimum atomic E-state index is -0.809. The molecule has 10 heteroatoms. The van der Waals surface area contributed by atoms with Gasteiger partial charge in [0.05, 0.1) is 49.1 Å². The predicted octanol–water partition coefficient (Wildman–Crippen LogP) is 2.93. The van der Waals surface area contributed by atoms with E-state index in [1.807, 2.05) is 37.3 Å². The van der Waals surface area contributed by atoms with Crippen LogP contribution in [0.3, 0.4) is 0 Å². The van der Waals surface area contributed by atoms with Gasteiger partial charge in [0.25, 0.3) is 0 Å². The summed E-state index contributed by atoms with van der Waals surface area (Å²) in [5.74, 6) is -2.08. The molecule has 9 nitrogen and oxygen atoms in total. The Hall–Kier alpha value is -2.66. The van der Waals surface area contributed by atoms with Gasteiger partial charge < -0.3 is 24.4 Å². The van der Waals surface area contributed by atoms with Crippen LogP contribution in [0.25, 0.3) is 0 Å². The Morgan fingerprint density at radius 2 is 1.95 bits per heavy atom. The molecule has 0 saturated carbocycles. The van der Waals surface area contributed by atoms with Crippen LogP contribution in [0.2, 0.25) is 0 Å². The zero-order valence-electron chi connectivity index (χ0n) is 25.9. The molecular formula is C34H47N3O6S. The van der Waals surface area contributed by atoms with Gasteiger partial charge in [-0.3, -0.25) is 19.3 Å². The Balaban J connectivity index is 1.49. The van der Waals surface area contributed by atoms with E-state index >= 15 is 0 Å². The van der Waals surface area contributed by atoms with E-state index in [0.717, 1.165) is 25.1 Å². The lowest BCUT2D eigenvalue weighted by molar-refractivity contribution is -0.156. The Kier molecular flexibility index (Phi) is 10.6. The van der Waals surface area contributed by atoms with Gasteiger partial charge in [0.2, 0.25) is 11.8 Å². The number of aliphatic hydroxyl groups excluding tert-OH is 1. The largest absolute Gasteiger partial charge is 0.465 e. The fourth-order valence-corrected chi connectivity index (χ4v) is 10.1. The van der Waals surface area contributed by atoms with Crippen molar-refractivity contribution in [3.05, 3.63) is 61.2 Å². The number of likely N-dealkylation sites (tertiary alicyclic amines) is 1. The van der Waals surface area contributed by atoms with Crippen LogP contribution >= 0.6 is 11.8 Å². The first-order chi connectivity index (χ1) is 21.3. The molecule has 1 aromatic rings. The highest BCUT2D eigenvalue weighted by Gasteiger charge is 2.78. The van der Waals surface area contributed by atoms with Crippen molar-refractivity contribution >= 4 is 29.5 Å². The number of carbonyl (C=O) groups excluding carboxylic acids is 3. The molecule has 4 fully saturated rings. The number of aliphatic hydroxyl groups is 1. The molecule has 240 valence electrons. The zero-order valence-corrected chi connectivity index (χ0v) is 26.7. The highest BCUT2D eigenvalue weighted by atomic mass is 32.2. The van der Waals surface area contributed by atoms with Gasteiger partial charge in [0, 0.05) is 37.5 Å². The number of hydrogen-bond donors (Lipinski definition) is 1. The third-order valence-electron chi connectivity index (χ3n) is 9.87. The molecule has 2 bridgehead atoms. The van der Waals surface area contributed by atoms with Crippen molar-refractivity contribution in [1.29, 1.82) is 0 Å². The van der Waals surface area contributed by atoms with Crippen molar-refractivity contribution in [3.8, 4) is 0 Å². The molecule has 4 aliphatic rings. The van der Waals surface area contributed by atoms with Gasteiger partial charge in [-0.2, -0.15) is 0 Å². The van der Waals surface area contributed by atoms with Crippen molar-refractivity contribution in [3.63, 3.8) is 0 Å². The summed E-state index contributed by atoms with van der Waals surface area (Å²) in [6.45, 7) is 14.2. The number of rotatable bonds is 15. The molecule has 4 aliphatic heterocycles. The van der Waals surface area contributed by atoms with E-state index in [1.54, 1.807) is 33.7 Å². The summed E-state index contributed by atoms with van der Waals surface area (Å²) >= 11 is 1.63. The number of thioether (sulfide) groups is 1. The highest BCUT2D eigenvalue weighted by molar-refractivity contribution is 8.02. The molecule has 6 atom stereocenters. The normalized spacial score (nSPS) is 30.2. The number of esters is 1. The van der Waals surface area contributed by atoms with Gasteiger partial charge in [-0.1, -0.05) is 42.5 Å². The Morgan fingerprint density at radius 3 is 2.64 bits per heavy atom. The van der Waals surface area contributed by atoms with E-state index in [1.165, 1.54) is 0 Å². The number of unbranched alkanes of at least 4 members (excludes halogenated alkanes) is 1. The van der Waals surface area contributed by atoms with Crippen LogP contribution in [0.5, 0.6) is 0 Å². The fourth-order valence-electron chi connectivity index (χ4n) is 7.73. The van der Waals surface area contributed by atoms with Crippen LogP contribution in [0.4, 0.5) is 0 Å². The fraction of sp³-hybridized carbons (Fsp3) is 0.618. The van der Waals surface area contributed by atoms with E-state index in [9.17, 15) is 19.5 Å². The monoisotopic (exact) mass is 625 g/mol. The molecule has 1 N–H and O–H groups in total. The molecule has 0 aliphatic carbocycles. The van der Waals surface area contributed by atoms with Crippen LogP contribution in [0.1, 0.15) is 38.2 Å². The average molecular weight is 626 g/mol. The van der Waals surface area contributed by atoms with Gasteiger partial charge in [0.15, 0.2) is 0 Å². The summed E-state index contributed by atoms with van der Waals surface area (Å²) in [6, 6.07) is 8.31. The van der Waals surface area contributed by atoms with Crippen LogP contribution in [-0.2, 0) is 30.3 Å². The highest BCUT2D eigenvalue weighted by Crippen LogP contribution is 2.71. The quantitative estimate of drug-likeness (QED) is 0.181. The number of benzene rings is 1. The maximum Gasteiger partial charge on any atom is 0.311 e. The minimum absolute atomic E-state index is 0.141. The van der Waals surface area contributed by atoms with E-state index in [2.05, 4.69) is 18.1 Å². The van der Waals surface area contributed by atoms with Crippen molar-refractivity contribution in [1.82, 2.24) is 14.7 Å². The molecule has 2 unspecified atom stereocenters. The van der Waals surface area contributed by atoms with Gasteiger partial charge >= 0.3 is 5.97 Å². The second-order valence-corrected chi connectivity index (χ2v) is 14.5. The number of carbonyl (C=O) groups is 3. The Labute approximate surface area is 265 Å². The third kappa shape index (κ3) is 6.23. The molecule has 2 amide bonds. The van der Waals surface area contributed by atoms with E-state index < -0.39 is 33.4 Å². The van der Waals surface area contributed by atoms with E-state index in [0.29, 0.717) is 58.5 Å². The van der Waals surface area contributed by atoms with Gasteiger partial charge in [0.1, 0.15) is 6.04 Å². The standard InChI is InChI=1S/C34H47N3O6S/c1-4-6-10-20-43-32(41)28-27-30(39)37(26(24-38)23-25-11-8-7-9-12-25)29(34(27)14-13-33(28,3)44-34)31(40)36(15-5-2)17-16-35-18-21-42-22-19-35/h4-5,7-9,11-12,26-29,38H,1-2,6,10,13-24H2,3H3/t26-,27+,28-,29?,33+,34?/m1/s1. The first-order valence-electron chi connectivity index (χ1n) is 15.9. The third-order valence-corrected chi connectivity index (χ3v) is 11.9. The summed E-state index contributed by atoms with van der Waals surface area (Å²) in [7, 11) is 0. The molecular weight excluding hydrogens is 578 g/mol. The summed E-state index contributed by atoms with van der Waals surface area (Å²) in [6.07, 6.45) is 6.69. The molecule has 0 radical (unpaired) electrons. The van der Waals surface area contributed by atoms with Crippen LogP contribution < -0.4 is 0 Å². The van der Waals surface area contributed by atoms with Crippen molar-refractivity contribution in [2.45, 2.75) is 60.6 Å². The molecule has 44 heavy (non-hydrogen) atoms. The molecule has 1 spiro atoms. The second-order valence-electron chi connectivity index (χ2n) is 12.6. The Morgan fingerprint density at radius 1 is 1.20 bits per heavy atom. The molecule has 0 aromatic heterocycles. The number of nitrogens with zero attached hydrogens (tertiary/aromatic N) is 3. The Bertz CT molecular complexity index is 1210. The van der Waals surface area contributed by atoms with Gasteiger partial charge in [-0.05, 0) is 44.6 Å². The maximum atomic E-state index is 14.8. The smallest absolute Gasteiger partial charge is 0.311 e. The topological polar surface area (TPSA) is 99.6 Å². The lowest BCUT2D eigenvalue weighted by Gasteiger charge is -2.40. The lowest BCUT2D eigenvalue weighted by atomic mass is 9.66. The number of hydrogen-bond acceptors (Lipinski definition) is 8. The zero-order chi connectivity index (χ0) is 31.3. The van der Waals surface area contributed by atoms with Crippen molar-refractivity contribution < 1.29 is 29.0 Å². The number of amides is 2. The van der Waals surface area contributed by atoms with Crippen LogP contribution in [0.15, 0.2) is 55.6 Å². The van der Waals surface area contributed by atoms with E-state index in [-0.39, 0.29) is 31.0 Å². The number of morpholine rings is 1. The van der Waals surface area contributed by atoms with Crippen LogP contribution in [0, 0.1) is 11.8 Å². The van der Waals surface area contributed by atoms with Gasteiger partial charge in [-0.25, -0.2) is 0 Å². The average Bonchev–Trinajstić information content (AvgIpc) is 3.61. The van der Waals surface area contributed by atoms with Crippen molar-refractivity contribution in [2.24, 2.45) is 11.8 Å². The first-order valence-corrected chi connectivity index (χ1v) is 16.8. The number of allylic oxidation sites excluding steroid dienone is 1. The molecule has 4 heterocycles. The summed E-state index contributed by atoms with van der Waals surface area (Å²) in [4.78, 5) is 48.9. The van der Waals surface area contributed by atoms with E-state index in [4.69, 9.17) is 9.47 Å². The summed E-state index contributed by atoms with van der Waals surface area (Å²) in [5.41, 5.74) is 0.970. The molecule has 4 saturated heterocycles. The van der Waals surface area contributed by atoms with Crippen LogP contribution in [-0.4, -0.2) is 118 Å². The molecule has 1 aromatic carbocycles. The number of fused-ring (bicyclic) bond motifs is 1. The summed E-state index contributed by atoms with van der Waals surface area (Å²) < 4.78 is 9.97. The second kappa shape index (κ2) is 14.2. The predicted molar refractivity (Wildman–Crippen MR) is 171 cm³/mol. The van der Waals surface area contributed by atoms with Gasteiger partial charge in [-0.15, -0.1) is 24.9 Å². The van der Waals surface area contributed by atoms with Crippen molar-refractivity contribution in [2.75, 3.05) is 59.2 Å². The lowest BCUT2D eigenvalue weighted by Crippen LogP contribution is -2.58.